The Morgan fingerprint density at radius 3 is 2.35 bits per heavy atom. The molecule has 2 bridgehead atoms. The summed E-state index contributed by atoms with van der Waals surface area (Å²) in [4.78, 5) is 2.51. The van der Waals surface area contributed by atoms with Gasteiger partial charge in [-0.2, -0.15) is 13.2 Å². The molecule has 0 aromatic carbocycles. The Hall–Kier alpha value is -0.290. The van der Waals surface area contributed by atoms with Gasteiger partial charge in [-0.3, -0.25) is 0 Å². The van der Waals surface area contributed by atoms with Crippen LogP contribution in [0.5, 0.6) is 0 Å². The molecule has 20 heavy (non-hydrogen) atoms. The lowest BCUT2D eigenvalue weighted by Gasteiger charge is -2.47. The molecule has 0 saturated carbocycles. The zero-order valence-corrected chi connectivity index (χ0v) is 12.5. The van der Waals surface area contributed by atoms with E-state index in [-0.39, 0.29) is 12.5 Å². The first kappa shape index (κ1) is 16.1. The number of nitrogens with one attached hydrogen (secondary N) is 1. The van der Waals surface area contributed by atoms with Gasteiger partial charge in [0.25, 0.3) is 0 Å². The van der Waals surface area contributed by atoms with Gasteiger partial charge in [-0.1, -0.05) is 6.42 Å². The van der Waals surface area contributed by atoms with E-state index in [0.29, 0.717) is 24.5 Å². The van der Waals surface area contributed by atoms with Crippen LogP contribution in [0.4, 0.5) is 13.2 Å². The van der Waals surface area contributed by atoms with Crippen LogP contribution in [0, 0.1) is 0 Å². The number of nitrogens with zero attached hydrogens (tertiary/aromatic N) is 1. The molecule has 118 valence electrons. The maximum Gasteiger partial charge on any atom is 0.389 e. The molecule has 0 radical (unpaired) electrons. The summed E-state index contributed by atoms with van der Waals surface area (Å²) in [6.45, 7) is 2.02. The van der Waals surface area contributed by atoms with Crippen LogP contribution < -0.4 is 5.32 Å². The summed E-state index contributed by atoms with van der Waals surface area (Å²) in [5, 5.41) is 3.56. The van der Waals surface area contributed by atoms with Crippen LogP contribution in [0.25, 0.3) is 0 Å². The van der Waals surface area contributed by atoms with Gasteiger partial charge in [-0.25, -0.2) is 0 Å². The highest BCUT2D eigenvalue weighted by Crippen LogP contribution is 2.33. The van der Waals surface area contributed by atoms with Gasteiger partial charge < -0.3 is 10.2 Å². The second-order valence-corrected chi connectivity index (χ2v) is 6.65. The molecule has 2 aliphatic rings. The van der Waals surface area contributed by atoms with Crippen LogP contribution in [0.1, 0.15) is 58.3 Å². The van der Waals surface area contributed by atoms with E-state index in [0.717, 1.165) is 12.8 Å². The number of hydrogen-bond acceptors (Lipinski definition) is 2. The van der Waals surface area contributed by atoms with Gasteiger partial charge in [0.1, 0.15) is 0 Å². The fourth-order valence-electron chi connectivity index (χ4n) is 3.85. The molecule has 2 aliphatic heterocycles. The van der Waals surface area contributed by atoms with Crippen molar-refractivity contribution in [2.45, 2.75) is 88.6 Å². The van der Waals surface area contributed by atoms with E-state index in [9.17, 15) is 13.2 Å². The number of fused-ring (bicyclic) bond motifs is 2. The molecule has 0 amide bonds. The second-order valence-electron chi connectivity index (χ2n) is 6.65. The quantitative estimate of drug-likeness (QED) is 0.831. The first-order chi connectivity index (χ1) is 9.35. The average Bonchev–Trinajstić information content (AvgIpc) is 2.28. The largest absolute Gasteiger partial charge is 0.389 e. The lowest BCUT2D eigenvalue weighted by molar-refractivity contribution is -0.135. The lowest BCUT2D eigenvalue weighted by Crippen LogP contribution is -2.55. The molecule has 3 atom stereocenters. The molecule has 2 saturated heterocycles. The Labute approximate surface area is 120 Å². The molecule has 0 aromatic heterocycles. The average molecular weight is 292 g/mol. The minimum absolute atomic E-state index is 0.187. The van der Waals surface area contributed by atoms with Crippen molar-refractivity contribution in [2.24, 2.45) is 0 Å². The zero-order valence-electron chi connectivity index (χ0n) is 12.5. The van der Waals surface area contributed by atoms with Crippen LogP contribution in [-0.4, -0.2) is 42.3 Å². The normalized spacial score (nSPS) is 33.1. The van der Waals surface area contributed by atoms with Gasteiger partial charge in [0.2, 0.25) is 0 Å². The minimum Gasteiger partial charge on any atom is -0.311 e. The topological polar surface area (TPSA) is 15.3 Å². The Morgan fingerprint density at radius 2 is 1.80 bits per heavy atom. The number of halogens is 3. The van der Waals surface area contributed by atoms with Gasteiger partial charge in [0, 0.05) is 30.6 Å². The van der Waals surface area contributed by atoms with E-state index in [2.05, 4.69) is 17.3 Å². The highest BCUT2D eigenvalue weighted by molar-refractivity contribution is 4.94. The second kappa shape index (κ2) is 6.65. The molecule has 5 heteroatoms. The van der Waals surface area contributed by atoms with Crippen LogP contribution in [0.3, 0.4) is 0 Å². The van der Waals surface area contributed by atoms with Gasteiger partial charge in [-0.05, 0) is 52.5 Å². The number of hydrogen-bond donors (Lipinski definition) is 1. The van der Waals surface area contributed by atoms with Crippen molar-refractivity contribution in [1.82, 2.24) is 10.2 Å². The SMILES string of the molecule is CC(CCCC(F)(F)F)NC1CC2CCCC(C1)N2C. The van der Waals surface area contributed by atoms with Crippen molar-refractivity contribution in [3.8, 4) is 0 Å². The maximum absolute atomic E-state index is 12.1. The third-order valence-corrected chi connectivity index (χ3v) is 4.96. The van der Waals surface area contributed by atoms with Crippen molar-refractivity contribution in [2.75, 3.05) is 7.05 Å². The fourth-order valence-corrected chi connectivity index (χ4v) is 3.85. The molecule has 1 N–H and O–H groups in total. The molecule has 0 spiro atoms. The Bertz CT molecular complexity index is 292. The van der Waals surface area contributed by atoms with Crippen LogP contribution in [0.15, 0.2) is 0 Å². The van der Waals surface area contributed by atoms with Crippen molar-refractivity contribution in [1.29, 1.82) is 0 Å². The van der Waals surface area contributed by atoms with Crippen molar-refractivity contribution in [3.63, 3.8) is 0 Å². The third kappa shape index (κ3) is 4.62. The Morgan fingerprint density at radius 1 is 1.20 bits per heavy atom. The molecular formula is C15H27F3N2. The highest BCUT2D eigenvalue weighted by Gasteiger charge is 2.36. The maximum atomic E-state index is 12.1. The number of rotatable bonds is 5. The molecule has 2 heterocycles. The van der Waals surface area contributed by atoms with Gasteiger partial charge in [0.15, 0.2) is 0 Å². The molecular weight excluding hydrogens is 265 g/mol. The molecule has 0 aliphatic carbocycles. The third-order valence-electron chi connectivity index (χ3n) is 4.96. The predicted molar refractivity (Wildman–Crippen MR) is 74.7 cm³/mol. The Kier molecular flexibility index (Phi) is 5.35. The van der Waals surface area contributed by atoms with Crippen molar-refractivity contribution < 1.29 is 13.2 Å². The summed E-state index contributed by atoms with van der Waals surface area (Å²) in [5.41, 5.74) is 0. The summed E-state index contributed by atoms with van der Waals surface area (Å²) in [6.07, 6.45) is 2.35. The summed E-state index contributed by atoms with van der Waals surface area (Å²) < 4.78 is 36.4. The summed E-state index contributed by atoms with van der Waals surface area (Å²) in [7, 11) is 2.22. The molecule has 2 nitrogen and oxygen atoms in total. The van der Waals surface area contributed by atoms with E-state index in [1.54, 1.807) is 0 Å². The predicted octanol–water partition coefficient (Wildman–Crippen LogP) is 3.71. The van der Waals surface area contributed by atoms with Crippen molar-refractivity contribution >= 4 is 0 Å². The van der Waals surface area contributed by atoms with E-state index in [1.807, 2.05) is 6.92 Å². The molecule has 3 unspecified atom stereocenters. The summed E-state index contributed by atoms with van der Waals surface area (Å²) in [6, 6.07) is 2.01. The highest BCUT2D eigenvalue weighted by atomic mass is 19.4. The van der Waals surface area contributed by atoms with E-state index >= 15 is 0 Å². The van der Waals surface area contributed by atoms with Crippen LogP contribution >= 0.6 is 0 Å². The Balaban J connectivity index is 1.71. The van der Waals surface area contributed by atoms with Gasteiger partial charge in [0.05, 0.1) is 0 Å². The number of piperidine rings is 2. The zero-order chi connectivity index (χ0) is 14.8. The minimum atomic E-state index is -4.01. The van der Waals surface area contributed by atoms with E-state index in [1.165, 1.54) is 19.3 Å². The summed E-state index contributed by atoms with van der Waals surface area (Å²) >= 11 is 0. The molecule has 0 aromatic rings. The van der Waals surface area contributed by atoms with E-state index < -0.39 is 12.6 Å². The first-order valence-electron chi connectivity index (χ1n) is 7.90. The lowest BCUT2D eigenvalue weighted by atomic mass is 9.82. The summed E-state index contributed by atoms with van der Waals surface area (Å²) in [5.74, 6) is 0. The molecule has 2 fully saturated rings. The van der Waals surface area contributed by atoms with Crippen molar-refractivity contribution in [3.05, 3.63) is 0 Å². The molecule has 2 rings (SSSR count). The monoisotopic (exact) mass is 292 g/mol. The first-order valence-corrected chi connectivity index (χ1v) is 7.90. The van der Waals surface area contributed by atoms with E-state index in [4.69, 9.17) is 0 Å². The van der Waals surface area contributed by atoms with Gasteiger partial charge >= 0.3 is 6.18 Å². The van der Waals surface area contributed by atoms with Crippen LogP contribution in [0.2, 0.25) is 0 Å². The van der Waals surface area contributed by atoms with Gasteiger partial charge in [-0.15, -0.1) is 0 Å². The smallest absolute Gasteiger partial charge is 0.311 e. The number of alkyl halides is 3. The van der Waals surface area contributed by atoms with Crippen LogP contribution in [-0.2, 0) is 0 Å². The standard InChI is InChI=1S/C15H27F3N2/c1-11(5-4-8-15(16,17)18)19-12-9-13-6-3-7-14(10-12)20(13)2/h11-14,19H,3-10H2,1-2H3. The fraction of sp³-hybridized carbons (Fsp3) is 1.00.